The summed E-state index contributed by atoms with van der Waals surface area (Å²) in [7, 11) is 0. The summed E-state index contributed by atoms with van der Waals surface area (Å²) in [5, 5.41) is 22.1. The van der Waals surface area contributed by atoms with Crippen LogP contribution >= 0.6 is 0 Å². The molecule has 1 atom stereocenters. The molecule has 11 heteroatoms. The maximum atomic E-state index is 13.6. The van der Waals surface area contributed by atoms with Gasteiger partial charge >= 0.3 is 5.97 Å². The average Bonchev–Trinajstić information content (AvgIpc) is 2.78. The Morgan fingerprint density at radius 3 is 2.52 bits per heavy atom. The van der Waals surface area contributed by atoms with Crippen LogP contribution in [0.5, 0.6) is 0 Å². The molecule has 0 spiro atoms. The molecule has 0 aliphatic carbocycles. The third-order valence-corrected chi connectivity index (χ3v) is 4.97. The van der Waals surface area contributed by atoms with Gasteiger partial charge in [0.15, 0.2) is 5.82 Å². The number of nitriles is 1. The molecule has 4 rings (SSSR count). The number of nitrogen functional groups attached to an aromatic ring is 2. The Labute approximate surface area is 187 Å². The molecule has 0 radical (unpaired) electrons. The summed E-state index contributed by atoms with van der Waals surface area (Å²) in [6.07, 6.45) is 0. The highest BCUT2D eigenvalue weighted by atomic mass is 16.4. The number of carboxylic acids is 1. The van der Waals surface area contributed by atoms with E-state index in [1.54, 1.807) is 43.3 Å². The van der Waals surface area contributed by atoms with E-state index in [2.05, 4.69) is 20.3 Å². The van der Waals surface area contributed by atoms with Gasteiger partial charge in [0.25, 0.3) is 5.56 Å². The first-order valence-electron chi connectivity index (χ1n) is 9.75. The molecule has 0 aliphatic rings. The van der Waals surface area contributed by atoms with Crippen molar-refractivity contribution in [1.29, 1.82) is 5.26 Å². The monoisotopic (exact) mass is 442 g/mol. The van der Waals surface area contributed by atoms with Crippen LogP contribution in [0.2, 0.25) is 0 Å². The first kappa shape index (κ1) is 21.3. The third-order valence-electron chi connectivity index (χ3n) is 4.97. The van der Waals surface area contributed by atoms with Gasteiger partial charge in [-0.1, -0.05) is 24.3 Å². The van der Waals surface area contributed by atoms with E-state index >= 15 is 0 Å². The molecule has 33 heavy (non-hydrogen) atoms. The number of para-hydroxylation sites is 1. The first-order chi connectivity index (χ1) is 15.8. The van der Waals surface area contributed by atoms with Crippen LogP contribution in [0.3, 0.4) is 0 Å². The zero-order chi connectivity index (χ0) is 23.7. The van der Waals surface area contributed by atoms with Crippen molar-refractivity contribution in [2.75, 3.05) is 16.8 Å². The van der Waals surface area contributed by atoms with Crippen molar-refractivity contribution in [1.82, 2.24) is 19.5 Å². The fourth-order valence-electron chi connectivity index (χ4n) is 3.52. The van der Waals surface area contributed by atoms with E-state index in [9.17, 15) is 20.0 Å². The van der Waals surface area contributed by atoms with Gasteiger partial charge in [-0.05, 0) is 31.2 Å². The van der Waals surface area contributed by atoms with Crippen molar-refractivity contribution in [3.63, 3.8) is 0 Å². The number of carboxylic acid groups (broad SMARTS) is 1. The third kappa shape index (κ3) is 3.77. The molecule has 1 unspecified atom stereocenters. The van der Waals surface area contributed by atoms with E-state index in [0.717, 1.165) is 0 Å². The highest BCUT2D eigenvalue weighted by Crippen LogP contribution is 2.25. The molecule has 4 aromatic rings. The van der Waals surface area contributed by atoms with Gasteiger partial charge in [0, 0.05) is 0 Å². The Morgan fingerprint density at radius 1 is 1.12 bits per heavy atom. The number of hydrogen-bond donors (Lipinski definition) is 4. The summed E-state index contributed by atoms with van der Waals surface area (Å²) in [5.41, 5.74) is 11.5. The summed E-state index contributed by atoms with van der Waals surface area (Å²) < 4.78 is 1.33. The number of rotatable bonds is 5. The molecule has 2 aromatic heterocycles. The Balaban J connectivity index is 1.97. The van der Waals surface area contributed by atoms with Gasteiger partial charge in [-0.2, -0.15) is 15.2 Å². The molecule has 0 saturated heterocycles. The topological polar surface area (TPSA) is 186 Å². The van der Waals surface area contributed by atoms with Gasteiger partial charge in [-0.25, -0.2) is 9.78 Å². The van der Waals surface area contributed by atoms with Gasteiger partial charge < -0.3 is 21.9 Å². The number of aromatic carboxylic acids is 1. The van der Waals surface area contributed by atoms with E-state index in [-0.39, 0.29) is 45.4 Å². The van der Waals surface area contributed by atoms with Gasteiger partial charge in [0.2, 0.25) is 5.95 Å². The van der Waals surface area contributed by atoms with E-state index in [1.165, 1.54) is 16.7 Å². The number of aromatic nitrogens is 4. The number of hydrogen-bond acceptors (Lipinski definition) is 9. The molecular formula is C22H18N8O3. The number of nitrogens with one attached hydrogen (secondary N) is 1. The van der Waals surface area contributed by atoms with Crippen LogP contribution < -0.4 is 22.3 Å². The molecule has 6 N–H and O–H groups in total. The van der Waals surface area contributed by atoms with E-state index in [1.807, 2.05) is 6.07 Å². The maximum absolute atomic E-state index is 13.6. The Hall–Kier alpha value is -4.98. The predicted octanol–water partition coefficient (Wildman–Crippen LogP) is 2.08. The number of anilines is 3. The van der Waals surface area contributed by atoms with Gasteiger partial charge in [-0.3, -0.25) is 9.36 Å². The Kier molecular flexibility index (Phi) is 5.33. The van der Waals surface area contributed by atoms with E-state index < -0.39 is 17.6 Å². The van der Waals surface area contributed by atoms with Crippen LogP contribution in [0.25, 0.3) is 16.6 Å². The van der Waals surface area contributed by atoms with E-state index in [4.69, 9.17) is 11.5 Å². The molecule has 0 aliphatic heterocycles. The van der Waals surface area contributed by atoms with Gasteiger partial charge in [0.05, 0.1) is 28.2 Å². The normalized spacial score (nSPS) is 11.6. The largest absolute Gasteiger partial charge is 0.478 e. The first-order valence-corrected chi connectivity index (χ1v) is 9.75. The van der Waals surface area contributed by atoms with Crippen LogP contribution in [0.4, 0.5) is 17.6 Å². The lowest BCUT2D eigenvalue weighted by atomic mass is 10.1. The minimum absolute atomic E-state index is 0.00129. The Morgan fingerprint density at radius 2 is 1.85 bits per heavy atom. The number of nitrogens with two attached hydrogens (primary N) is 2. The number of nitrogens with zero attached hydrogens (tertiary/aromatic N) is 5. The van der Waals surface area contributed by atoms with Gasteiger partial charge in [0.1, 0.15) is 23.3 Å². The average molecular weight is 442 g/mol. The molecule has 0 saturated carbocycles. The number of carbonyl (C=O) groups is 1. The van der Waals surface area contributed by atoms with Crippen LogP contribution in [0.15, 0.2) is 53.3 Å². The van der Waals surface area contributed by atoms with Gasteiger partial charge in [-0.15, -0.1) is 0 Å². The lowest BCUT2D eigenvalue weighted by Gasteiger charge is -2.21. The van der Waals surface area contributed by atoms with Crippen LogP contribution in [-0.4, -0.2) is 30.6 Å². The van der Waals surface area contributed by atoms with Crippen molar-refractivity contribution in [3.8, 4) is 11.8 Å². The van der Waals surface area contributed by atoms with E-state index in [0.29, 0.717) is 5.69 Å². The zero-order valence-corrected chi connectivity index (χ0v) is 17.4. The van der Waals surface area contributed by atoms with Crippen LogP contribution in [-0.2, 0) is 0 Å². The molecule has 2 heterocycles. The fraction of sp³-hybridized carbons (Fsp3) is 0.0909. The maximum Gasteiger partial charge on any atom is 0.336 e. The SMILES string of the molecule is CC(Nc1nc(N)nc(N)c1C#N)c1nc2cccc(C(=O)O)c2c(=O)n1-c1ccccc1. The standard InChI is InChI=1S/C22H18N8O3/c1-11(26-18-14(10-23)17(24)28-22(25)29-18)19-27-15-9-5-8-13(21(32)33)16(15)20(31)30(19)12-6-3-2-4-7-12/h2-9,11H,1H3,(H,32,33)(H5,24,25,26,28,29). The van der Waals surface area contributed by atoms with Crippen LogP contribution in [0, 0.1) is 11.3 Å². The summed E-state index contributed by atoms with van der Waals surface area (Å²) >= 11 is 0. The second-order valence-electron chi connectivity index (χ2n) is 7.12. The van der Waals surface area contributed by atoms with Crippen molar-refractivity contribution in [2.45, 2.75) is 13.0 Å². The molecule has 164 valence electrons. The minimum atomic E-state index is -1.23. The molecular weight excluding hydrogens is 424 g/mol. The number of fused-ring (bicyclic) bond motifs is 1. The molecule has 2 aromatic carbocycles. The second kappa shape index (κ2) is 8.27. The Bertz CT molecular complexity index is 1490. The summed E-state index contributed by atoms with van der Waals surface area (Å²) in [6.45, 7) is 1.71. The molecule has 11 nitrogen and oxygen atoms in total. The van der Waals surface area contributed by atoms with Crippen molar-refractivity contribution in [2.24, 2.45) is 0 Å². The smallest absolute Gasteiger partial charge is 0.336 e. The highest BCUT2D eigenvalue weighted by Gasteiger charge is 2.23. The highest BCUT2D eigenvalue weighted by molar-refractivity contribution is 6.02. The number of benzene rings is 2. The minimum Gasteiger partial charge on any atom is -0.478 e. The van der Waals surface area contributed by atoms with Crippen molar-refractivity contribution >= 4 is 34.5 Å². The summed E-state index contributed by atoms with van der Waals surface area (Å²) in [5.74, 6) is -1.09. The molecule has 0 fully saturated rings. The van der Waals surface area contributed by atoms with Crippen molar-refractivity contribution in [3.05, 3.63) is 75.8 Å². The lowest BCUT2D eigenvalue weighted by Crippen LogP contribution is -2.28. The van der Waals surface area contributed by atoms with Crippen molar-refractivity contribution < 1.29 is 9.90 Å². The fourth-order valence-corrected chi connectivity index (χ4v) is 3.52. The quantitative estimate of drug-likeness (QED) is 0.356. The lowest BCUT2D eigenvalue weighted by molar-refractivity contribution is 0.0699. The molecule has 0 bridgehead atoms. The zero-order valence-electron chi connectivity index (χ0n) is 17.4. The second-order valence-corrected chi connectivity index (χ2v) is 7.12. The summed E-state index contributed by atoms with van der Waals surface area (Å²) in [6, 6.07) is 14.4. The summed E-state index contributed by atoms with van der Waals surface area (Å²) in [4.78, 5) is 37.8. The predicted molar refractivity (Wildman–Crippen MR) is 122 cm³/mol. The van der Waals surface area contributed by atoms with Crippen LogP contribution in [0.1, 0.15) is 34.7 Å². The molecule has 0 amide bonds.